The summed E-state index contributed by atoms with van der Waals surface area (Å²) < 4.78 is 5.28. The van der Waals surface area contributed by atoms with Gasteiger partial charge in [0, 0.05) is 12.6 Å². The first-order valence-corrected chi connectivity index (χ1v) is 12.6. The summed E-state index contributed by atoms with van der Waals surface area (Å²) in [6.07, 6.45) is 3.69. The number of hydrogen-bond donors (Lipinski definition) is 4. The highest BCUT2D eigenvalue weighted by atomic mass is 16.6. The standard InChI is InChI=1S/C26H40N4O6/c1-5-6-7-15-28-23(33)22(17-11-13-19(31)14-12-17)30(18-9-8-10-18)24(34)20(16-21(27)32)29-25(35)36-26(2,3)4/h11-14,18,20,22,31H,5-10,15-16H2,1-4H3,(H2,27,32)(H,28,33)(H,29,35). The molecule has 36 heavy (non-hydrogen) atoms. The van der Waals surface area contributed by atoms with Crippen LogP contribution in [0.4, 0.5) is 4.79 Å². The fraction of sp³-hybridized carbons (Fsp3) is 0.615. The molecule has 2 atom stereocenters. The molecule has 1 aliphatic carbocycles. The van der Waals surface area contributed by atoms with Crippen LogP contribution in [0.5, 0.6) is 5.75 Å². The number of hydrogen-bond acceptors (Lipinski definition) is 6. The van der Waals surface area contributed by atoms with Crippen LogP contribution in [0.25, 0.3) is 0 Å². The van der Waals surface area contributed by atoms with Crippen molar-refractivity contribution >= 4 is 23.8 Å². The van der Waals surface area contributed by atoms with Gasteiger partial charge >= 0.3 is 6.09 Å². The number of amides is 4. The Morgan fingerprint density at radius 3 is 2.28 bits per heavy atom. The number of alkyl carbamates (subject to hydrolysis) is 1. The predicted octanol–water partition coefficient (Wildman–Crippen LogP) is 2.89. The Morgan fingerprint density at radius 2 is 1.78 bits per heavy atom. The smallest absolute Gasteiger partial charge is 0.408 e. The molecule has 10 heteroatoms. The van der Waals surface area contributed by atoms with Gasteiger partial charge in [0.05, 0.1) is 6.42 Å². The van der Waals surface area contributed by atoms with E-state index in [1.54, 1.807) is 32.9 Å². The first-order chi connectivity index (χ1) is 16.9. The minimum Gasteiger partial charge on any atom is -0.508 e. The van der Waals surface area contributed by atoms with Crippen molar-refractivity contribution < 1.29 is 29.0 Å². The number of ether oxygens (including phenoxy) is 1. The second-order valence-electron chi connectivity index (χ2n) is 10.2. The van der Waals surface area contributed by atoms with Crippen molar-refractivity contribution in [3.05, 3.63) is 29.8 Å². The van der Waals surface area contributed by atoms with Gasteiger partial charge in [0.2, 0.25) is 17.7 Å². The van der Waals surface area contributed by atoms with Gasteiger partial charge in [-0.3, -0.25) is 14.4 Å². The zero-order valence-electron chi connectivity index (χ0n) is 21.7. The number of primary amides is 1. The monoisotopic (exact) mass is 504 g/mol. The van der Waals surface area contributed by atoms with Crippen molar-refractivity contribution in [1.82, 2.24) is 15.5 Å². The molecule has 10 nitrogen and oxygen atoms in total. The number of aromatic hydroxyl groups is 1. The van der Waals surface area contributed by atoms with Crippen LogP contribution in [0.2, 0.25) is 0 Å². The van der Waals surface area contributed by atoms with E-state index in [-0.39, 0.29) is 17.7 Å². The van der Waals surface area contributed by atoms with E-state index in [4.69, 9.17) is 10.5 Å². The van der Waals surface area contributed by atoms with E-state index in [9.17, 15) is 24.3 Å². The molecule has 0 bridgehead atoms. The van der Waals surface area contributed by atoms with Crippen LogP contribution in [0, 0.1) is 0 Å². The molecule has 0 radical (unpaired) electrons. The maximum absolute atomic E-state index is 13.9. The summed E-state index contributed by atoms with van der Waals surface area (Å²) in [6, 6.07) is 3.52. The lowest BCUT2D eigenvalue weighted by atomic mass is 9.88. The zero-order valence-corrected chi connectivity index (χ0v) is 21.7. The molecule has 1 fully saturated rings. The van der Waals surface area contributed by atoms with Gasteiger partial charge in [-0.15, -0.1) is 0 Å². The SMILES string of the molecule is CCCCCNC(=O)C(c1ccc(O)cc1)N(C(=O)C(CC(N)=O)NC(=O)OC(C)(C)C)C1CCC1. The van der Waals surface area contributed by atoms with Crippen molar-refractivity contribution in [3.63, 3.8) is 0 Å². The maximum atomic E-state index is 13.9. The van der Waals surface area contributed by atoms with Gasteiger partial charge in [0.25, 0.3) is 0 Å². The number of phenolic OH excluding ortho intramolecular Hbond substituents is 1. The summed E-state index contributed by atoms with van der Waals surface area (Å²) in [7, 11) is 0. The Kier molecular flexibility index (Phi) is 10.6. The van der Waals surface area contributed by atoms with Crippen LogP contribution in [-0.2, 0) is 19.1 Å². The third-order valence-electron chi connectivity index (χ3n) is 5.93. The minimum absolute atomic E-state index is 0.0283. The molecule has 1 saturated carbocycles. The van der Waals surface area contributed by atoms with E-state index in [1.807, 2.05) is 0 Å². The summed E-state index contributed by atoms with van der Waals surface area (Å²) in [6.45, 7) is 7.56. The maximum Gasteiger partial charge on any atom is 0.408 e. The van der Waals surface area contributed by atoms with Gasteiger partial charge in [0.1, 0.15) is 23.4 Å². The number of carbonyl (C=O) groups excluding carboxylic acids is 4. The molecule has 0 saturated heterocycles. The Bertz CT molecular complexity index is 908. The third-order valence-corrected chi connectivity index (χ3v) is 5.93. The summed E-state index contributed by atoms with van der Waals surface area (Å²) in [5.74, 6) is -1.71. The highest BCUT2D eigenvalue weighted by Crippen LogP contribution is 2.34. The lowest BCUT2D eigenvalue weighted by Gasteiger charge is -2.43. The highest BCUT2D eigenvalue weighted by Gasteiger charge is 2.42. The summed E-state index contributed by atoms with van der Waals surface area (Å²) in [5.41, 5.74) is 5.10. The van der Waals surface area contributed by atoms with Crippen LogP contribution in [-0.4, -0.2) is 58.1 Å². The van der Waals surface area contributed by atoms with E-state index in [2.05, 4.69) is 17.6 Å². The van der Waals surface area contributed by atoms with Crippen LogP contribution in [0.1, 0.15) is 84.2 Å². The number of benzene rings is 1. The van der Waals surface area contributed by atoms with Gasteiger partial charge < -0.3 is 31.1 Å². The number of carbonyl (C=O) groups is 4. The van der Waals surface area contributed by atoms with E-state index in [0.717, 1.165) is 25.7 Å². The molecule has 5 N–H and O–H groups in total. The molecule has 0 aliphatic heterocycles. The second kappa shape index (κ2) is 13.1. The van der Waals surface area contributed by atoms with Crippen molar-refractivity contribution in [2.75, 3.05) is 6.54 Å². The Morgan fingerprint density at radius 1 is 1.14 bits per heavy atom. The molecule has 1 aliphatic rings. The first kappa shape index (κ1) is 28.9. The largest absolute Gasteiger partial charge is 0.508 e. The number of phenols is 1. The third kappa shape index (κ3) is 8.73. The average molecular weight is 505 g/mol. The molecule has 200 valence electrons. The fourth-order valence-electron chi connectivity index (χ4n) is 3.99. The van der Waals surface area contributed by atoms with Crippen molar-refractivity contribution in [2.45, 2.75) is 96.4 Å². The van der Waals surface area contributed by atoms with Crippen LogP contribution in [0.3, 0.4) is 0 Å². The molecule has 1 aromatic rings. The van der Waals surface area contributed by atoms with Gasteiger partial charge in [0.15, 0.2) is 0 Å². The molecular formula is C26H40N4O6. The van der Waals surface area contributed by atoms with Crippen molar-refractivity contribution in [1.29, 1.82) is 0 Å². The quantitative estimate of drug-likeness (QED) is 0.321. The van der Waals surface area contributed by atoms with Gasteiger partial charge in [-0.1, -0.05) is 31.9 Å². The molecular weight excluding hydrogens is 464 g/mol. The summed E-state index contributed by atoms with van der Waals surface area (Å²) in [5, 5.41) is 15.2. The van der Waals surface area contributed by atoms with Gasteiger partial charge in [-0.25, -0.2) is 4.79 Å². The lowest BCUT2D eigenvalue weighted by molar-refractivity contribution is -0.148. The number of unbranched alkanes of at least 4 members (excludes halogenated alkanes) is 2. The van der Waals surface area contributed by atoms with E-state index in [1.165, 1.54) is 17.0 Å². The summed E-state index contributed by atoms with van der Waals surface area (Å²) >= 11 is 0. The number of rotatable bonds is 12. The van der Waals surface area contributed by atoms with Crippen molar-refractivity contribution in [3.8, 4) is 5.75 Å². The number of nitrogens with two attached hydrogens (primary N) is 1. The average Bonchev–Trinajstić information content (AvgIpc) is 2.73. The number of nitrogens with one attached hydrogen (secondary N) is 2. The topological polar surface area (TPSA) is 151 Å². The molecule has 0 aromatic heterocycles. The lowest BCUT2D eigenvalue weighted by Crippen LogP contribution is -2.58. The second-order valence-corrected chi connectivity index (χ2v) is 10.2. The van der Waals surface area contributed by atoms with Crippen molar-refractivity contribution in [2.24, 2.45) is 5.73 Å². The highest BCUT2D eigenvalue weighted by molar-refractivity contribution is 5.94. The summed E-state index contributed by atoms with van der Waals surface area (Å²) in [4.78, 5) is 53.1. The Balaban J connectivity index is 2.42. The molecule has 4 amide bonds. The van der Waals surface area contributed by atoms with E-state index in [0.29, 0.717) is 24.9 Å². The predicted molar refractivity (Wildman–Crippen MR) is 135 cm³/mol. The minimum atomic E-state index is -1.30. The molecule has 0 spiro atoms. The van der Waals surface area contributed by atoms with Gasteiger partial charge in [-0.2, -0.15) is 0 Å². The van der Waals surface area contributed by atoms with Crippen LogP contribution >= 0.6 is 0 Å². The van der Waals surface area contributed by atoms with Gasteiger partial charge in [-0.05, 0) is 64.2 Å². The zero-order chi connectivity index (χ0) is 26.9. The molecule has 1 aromatic carbocycles. The number of nitrogens with zero attached hydrogens (tertiary/aromatic N) is 1. The Hall–Kier alpha value is -3.30. The fourth-order valence-corrected chi connectivity index (χ4v) is 3.99. The normalized spacial score (nSPS) is 15.2. The van der Waals surface area contributed by atoms with E-state index >= 15 is 0 Å². The molecule has 2 rings (SSSR count). The molecule has 2 unspecified atom stereocenters. The van der Waals surface area contributed by atoms with Crippen LogP contribution < -0.4 is 16.4 Å². The van der Waals surface area contributed by atoms with Crippen LogP contribution in [0.15, 0.2) is 24.3 Å². The van der Waals surface area contributed by atoms with E-state index < -0.39 is 42.0 Å². The molecule has 0 heterocycles. The first-order valence-electron chi connectivity index (χ1n) is 12.6. The Labute approximate surface area is 212 Å².